The Morgan fingerprint density at radius 3 is 1.93 bits per heavy atom. The summed E-state index contributed by atoms with van der Waals surface area (Å²) in [6.07, 6.45) is 0. The Morgan fingerprint density at radius 2 is 1.47 bits per heavy atom. The molecular formula is C11H12ClF3. The van der Waals surface area contributed by atoms with Gasteiger partial charge in [0.15, 0.2) is 11.6 Å². The second-order valence-corrected chi connectivity index (χ2v) is 4.95. The van der Waals surface area contributed by atoms with Crippen molar-refractivity contribution in [3.63, 3.8) is 0 Å². The van der Waals surface area contributed by atoms with Crippen LogP contribution in [0.1, 0.15) is 31.7 Å². The number of benzene rings is 1. The summed E-state index contributed by atoms with van der Waals surface area (Å²) >= 11 is 5.98. The highest BCUT2D eigenvalue weighted by molar-refractivity contribution is 6.21. The van der Waals surface area contributed by atoms with Gasteiger partial charge in [0.1, 0.15) is 5.82 Å². The van der Waals surface area contributed by atoms with E-state index in [1.807, 2.05) is 0 Å². The van der Waals surface area contributed by atoms with Gasteiger partial charge in [0.25, 0.3) is 0 Å². The summed E-state index contributed by atoms with van der Waals surface area (Å²) in [7, 11) is 0. The Balaban J connectivity index is 3.21. The lowest BCUT2D eigenvalue weighted by atomic mass is 9.87. The number of alkyl halides is 1. The maximum atomic E-state index is 13.3. The van der Waals surface area contributed by atoms with Crippen LogP contribution in [0.2, 0.25) is 0 Å². The molecule has 0 N–H and O–H groups in total. The number of hydrogen-bond donors (Lipinski definition) is 0. The van der Waals surface area contributed by atoms with Gasteiger partial charge in [0, 0.05) is 11.6 Å². The first kappa shape index (κ1) is 12.4. The van der Waals surface area contributed by atoms with Gasteiger partial charge in [-0.3, -0.25) is 0 Å². The van der Waals surface area contributed by atoms with E-state index < -0.39 is 28.2 Å². The normalized spacial score (nSPS) is 14.1. The van der Waals surface area contributed by atoms with Gasteiger partial charge in [-0.25, -0.2) is 13.2 Å². The molecule has 0 saturated heterocycles. The Bertz CT molecular complexity index is 369. The minimum Gasteiger partial charge on any atom is -0.207 e. The molecule has 1 aromatic rings. The second kappa shape index (κ2) is 4.05. The van der Waals surface area contributed by atoms with Crippen LogP contribution in [0.3, 0.4) is 0 Å². The molecule has 1 atom stereocenters. The number of rotatable bonds is 1. The molecule has 0 radical (unpaired) electrons. The SMILES string of the molecule is CC(C)(C)C(Cl)c1cc(F)c(F)cc1F. The van der Waals surface area contributed by atoms with Crippen LogP contribution in [-0.4, -0.2) is 0 Å². The summed E-state index contributed by atoms with van der Waals surface area (Å²) in [5.74, 6) is -3.10. The molecule has 0 nitrogen and oxygen atoms in total. The first-order chi connectivity index (χ1) is 6.73. The van der Waals surface area contributed by atoms with Crippen molar-refractivity contribution in [2.75, 3.05) is 0 Å². The van der Waals surface area contributed by atoms with Crippen LogP contribution in [0.5, 0.6) is 0 Å². The Labute approximate surface area is 92.1 Å². The molecular weight excluding hydrogens is 225 g/mol. The highest BCUT2D eigenvalue weighted by atomic mass is 35.5. The molecule has 0 aliphatic heterocycles. The maximum Gasteiger partial charge on any atom is 0.161 e. The monoisotopic (exact) mass is 236 g/mol. The molecule has 15 heavy (non-hydrogen) atoms. The van der Waals surface area contributed by atoms with Crippen molar-refractivity contribution in [2.45, 2.75) is 26.1 Å². The minimum atomic E-state index is -1.20. The lowest BCUT2D eigenvalue weighted by Gasteiger charge is -2.25. The Kier molecular flexibility index (Phi) is 3.34. The molecule has 0 aromatic heterocycles. The molecule has 4 heteroatoms. The third-order valence-electron chi connectivity index (χ3n) is 2.07. The summed E-state index contributed by atoms with van der Waals surface area (Å²) < 4.78 is 38.9. The molecule has 0 aliphatic carbocycles. The van der Waals surface area contributed by atoms with E-state index in [1.54, 1.807) is 20.8 Å². The van der Waals surface area contributed by atoms with Gasteiger partial charge in [-0.2, -0.15) is 0 Å². The van der Waals surface area contributed by atoms with Gasteiger partial charge in [-0.05, 0) is 11.5 Å². The third kappa shape index (κ3) is 2.65. The lowest BCUT2D eigenvalue weighted by molar-refractivity contribution is 0.383. The second-order valence-electron chi connectivity index (χ2n) is 4.52. The van der Waals surface area contributed by atoms with Crippen molar-refractivity contribution in [2.24, 2.45) is 5.41 Å². The quantitative estimate of drug-likeness (QED) is 0.500. The molecule has 0 bridgehead atoms. The fraction of sp³-hybridized carbons (Fsp3) is 0.455. The first-order valence-corrected chi connectivity index (χ1v) is 4.95. The molecule has 1 rings (SSSR count). The van der Waals surface area contributed by atoms with Gasteiger partial charge in [-0.1, -0.05) is 20.8 Å². The molecule has 0 saturated carbocycles. The molecule has 1 unspecified atom stereocenters. The average molecular weight is 237 g/mol. The van der Waals surface area contributed by atoms with Crippen molar-refractivity contribution in [3.8, 4) is 0 Å². The summed E-state index contributed by atoms with van der Waals surface area (Å²) in [6.45, 7) is 5.39. The number of halogens is 4. The third-order valence-corrected chi connectivity index (χ3v) is 2.96. The van der Waals surface area contributed by atoms with E-state index in [-0.39, 0.29) is 5.56 Å². The average Bonchev–Trinajstić information content (AvgIpc) is 2.08. The van der Waals surface area contributed by atoms with Crippen molar-refractivity contribution in [3.05, 3.63) is 35.1 Å². The van der Waals surface area contributed by atoms with Crippen molar-refractivity contribution in [1.82, 2.24) is 0 Å². The topological polar surface area (TPSA) is 0 Å². The first-order valence-electron chi connectivity index (χ1n) is 4.52. The van der Waals surface area contributed by atoms with Gasteiger partial charge in [0.05, 0.1) is 5.38 Å². The fourth-order valence-electron chi connectivity index (χ4n) is 1.20. The molecule has 0 aliphatic rings. The maximum absolute atomic E-state index is 13.3. The summed E-state index contributed by atoms with van der Waals surface area (Å²) in [5, 5.41) is -0.701. The van der Waals surface area contributed by atoms with E-state index in [9.17, 15) is 13.2 Å². The van der Waals surface area contributed by atoms with Crippen molar-refractivity contribution < 1.29 is 13.2 Å². The summed E-state index contributed by atoms with van der Waals surface area (Å²) in [6, 6.07) is 1.33. The van der Waals surface area contributed by atoms with E-state index in [1.165, 1.54) is 0 Å². The standard InChI is InChI=1S/C11H12ClF3/c1-11(2,3)10(12)6-4-8(14)9(15)5-7(6)13/h4-5,10H,1-3H3. The molecule has 0 heterocycles. The van der Waals surface area contributed by atoms with E-state index in [4.69, 9.17) is 11.6 Å². The molecule has 0 fully saturated rings. The van der Waals surface area contributed by atoms with Crippen LogP contribution in [0.15, 0.2) is 12.1 Å². The fourth-order valence-corrected chi connectivity index (χ4v) is 1.37. The predicted molar refractivity (Wildman–Crippen MR) is 54.4 cm³/mol. The Morgan fingerprint density at radius 1 is 1.00 bits per heavy atom. The van der Waals surface area contributed by atoms with E-state index in [2.05, 4.69) is 0 Å². The van der Waals surface area contributed by atoms with E-state index >= 15 is 0 Å². The van der Waals surface area contributed by atoms with Crippen LogP contribution in [0.25, 0.3) is 0 Å². The molecule has 84 valence electrons. The van der Waals surface area contributed by atoms with Gasteiger partial charge >= 0.3 is 0 Å². The van der Waals surface area contributed by atoms with Crippen LogP contribution < -0.4 is 0 Å². The van der Waals surface area contributed by atoms with Gasteiger partial charge in [0.2, 0.25) is 0 Å². The predicted octanol–water partition coefficient (Wildman–Crippen LogP) is 4.43. The summed E-state index contributed by atoms with van der Waals surface area (Å²) in [4.78, 5) is 0. The minimum absolute atomic E-state index is 0.0110. The zero-order valence-electron chi connectivity index (χ0n) is 8.74. The highest BCUT2D eigenvalue weighted by Crippen LogP contribution is 2.39. The van der Waals surface area contributed by atoms with Crippen LogP contribution in [-0.2, 0) is 0 Å². The Hall–Kier alpha value is -0.700. The lowest BCUT2D eigenvalue weighted by Crippen LogP contribution is -2.15. The van der Waals surface area contributed by atoms with Crippen LogP contribution in [0, 0.1) is 22.9 Å². The van der Waals surface area contributed by atoms with E-state index in [0.29, 0.717) is 6.07 Å². The largest absolute Gasteiger partial charge is 0.207 e. The smallest absolute Gasteiger partial charge is 0.161 e. The molecule has 0 amide bonds. The van der Waals surface area contributed by atoms with Crippen LogP contribution >= 0.6 is 11.6 Å². The number of hydrogen-bond acceptors (Lipinski definition) is 0. The molecule has 1 aromatic carbocycles. The van der Waals surface area contributed by atoms with Crippen molar-refractivity contribution in [1.29, 1.82) is 0 Å². The van der Waals surface area contributed by atoms with E-state index in [0.717, 1.165) is 6.07 Å². The van der Waals surface area contributed by atoms with Gasteiger partial charge in [-0.15, -0.1) is 11.6 Å². The van der Waals surface area contributed by atoms with Crippen molar-refractivity contribution >= 4 is 11.6 Å². The zero-order chi connectivity index (χ0) is 11.8. The molecule has 0 spiro atoms. The van der Waals surface area contributed by atoms with Crippen LogP contribution in [0.4, 0.5) is 13.2 Å². The highest BCUT2D eigenvalue weighted by Gasteiger charge is 2.27. The zero-order valence-corrected chi connectivity index (χ0v) is 9.50. The van der Waals surface area contributed by atoms with Gasteiger partial charge < -0.3 is 0 Å². The summed E-state index contributed by atoms with van der Waals surface area (Å²) in [5.41, 5.74) is -0.435.